The Bertz CT molecular complexity index is 764. The molecule has 0 spiro atoms. The minimum Gasteiger partial charge on any atom is -0.371 e. The lowest BCUT2D eigenvalue weighted by atomic mass is 10.0. The maximum absolute atomic E-state index is 13.1. The second kappa shape index (κ2) is 11.5. The van der Waals surface area contributed by atoms with Crippen LogP contribution in [0.2, 0.25) is 5.02 Å². The highest BCUT2D eigenvalue weighted by Crippen LogP contribution is 2.19. The molecule has 4 nitrogen and oxygen atoms in total. The third-order valence-electron chi connectivity index (χ3n) is 4.88. The van der Waals surface area contributed by atoms with Gasteiger partial charge in [-0.3, -0.25) is 4.99 Å². The average molecular weight is 517 g/mol. The van der Waals surface area contributed by atoms with Crippen molar-refractivity contribution >= 4 is 47.2 Å². The minimum absolute atomic E-state index is 0. The summed E-state index contributed by atoms with van der Waals surface area (Å²) in [5.41, 5.74) is 2.21. The molecule has 0 bridgehead atoms. The van der Waals surface area contributed by atoms with E-state index < -0.39 is 0 Å². The van der Waals surface area contributed by atoms with Gasteiger partial charge in [-0.25, -0.2) is 4.39 Å². The summed E-state index contributed by atoms with van der Waals surface area (Å²) in [5, 5.41) is 7.30. The van der Waals surface area contributed by atoms with Crippen LogP contribution in [-0.2, 0) is 6.42 Å². The van der Waals surface area contributed by atoms with E-state index in [4.69, 9.17) is 11.6 Å². The van der Waals surface area contributed by atoms with E-state index in [1.807, 2.05) is 6.07 Å². The van der Waals surface area contributed by atoms with Crippen LogP contribution in [0.15, 0.2) is 53.5 Å². The number of para-hydroxylation sites is 1. The molecule has 152 valence electrons. The summed E-state index contributed by atoms with van der Waals surface area (Å²) in [6.45, 7) is 2.75. The quantitative estimate of drug-likeness (QED) is 0.350. The number of nitrogens with zero attached hydrogens (tertiary/aromatic N) is 2. The number of hydrogen-bond acceptors (Lipinski definition) is 2. The van der Waals surface area contributed by atoms with E-state index in [-0.39, 0.29) is 29.8 Å². The number of benzene rings is 2. The first kappa shape index (κ1) is 22.7. The van der Waals surface area contributed by atoms with E-state index >= 15 is 0 Å². The second-order valence-electron chi connectivity index (χ2n) is 6.73. The van der Waals surface area contributed by atoms with Crippen LogP contribution in [-0.4, -0.2) is 38.7 Å². The SMILES string of the molecule is CN=C(NCCc1ccc(F)cc1Cl)NC1CCN(c2ccccc2)CC1.I. The Kier molecular flexibility index (Phi) is 9.31. The molecule has 28 heavy (non-hydrogen) atoms. The topological polar surface area (TPSA) is 39.7 Å². The molecule has 7 heteroatoms. The molecule has 2 aromatic carbocycles. The van der Waals surface area contributed by atoms with Crippen molar-refractivity contribution < 1.29 is 4.39 Å². The Morgan fingerprint density at radius 2 is 1.89 bits per heavy atom. The number of aliphatic imine (C=N–C) groups is 1. The normalized spacial score (nSPS) is 15.1. The molecule has 2 aromatic rings. The van der Waals surface area contributed by atoms with Gasteiger partial charge < -0.3 is 15.5 Å². The highest BCUT2D eigenvalue weighted by molar-refractivity contribution is 14.0. The number of nitrogens with one attached hydrogen (secondary N) is 2. The van der Waals surface area contributed by atoms with Crippen LogP contribution in [0.3, 0.4) is 0 Å². The van der Waals surface area contributed by atoms with Gasteiger partial charge in [0.15, 0.2) is 5.96 Å². The number of piperidine rings is 1. The van der Waals surface area contributed by atoms with E-state index in [2.05, 4.69) is 44.8 Å². The highest BCUT2D eigenvalue weighted by Gasteiger charge is 2.20. The summed E-state index contributed by atoms with van der Waals surface area (Å²) in [4.78, 5) is 6.74. The van der Waals surface area contributed by atoms with Crippen LogP contribution in [0, 0.1) is 5.82 Å². The van der Waals surface area contributed by atoms with E-state index in [1.165, 1.54) is 17.8 Å². The first-order valence-corrected chi connectivity index (χ1v) is 9.74. The molecule has 1 aliphatic heterocycles. The fourth-order valence-corrected chi connectivity index (χ4v) is 3.61. The lowest BCUT2D eigenvalue weighted by Gasteiger charge is -2.34. The van der Waals surface area contributed by atoms with Gasteiger partial charge in [0.05, 0.1) is 0 Å². The summed E-state index contributed by atoms with van der Waals surface area (Å²) in [6, 6.07) is 15.5. The van der Waals surface area contributed by atoms with Crippen molar-refractivity contribution in [2.75, 3.05) is 31.6 Å². The van der Waals surface area contributed by atoms with Gasteiger partial charge in [-0.2, -0.15) is 0 Å². The maximum atomic E-state index is 13.1. The molecule has 0 aromatic heterocycles. The van der Waals surface area contributed by atoms with Crippen molar-refractivity contribution in [3.05, 3.63) is 64.9 Å². The van der Waals surface area contributed by atoms with E-state index in [0.29, 0.717) is 24.0 Å². The van der Waals surface area contributed by atoms with Gasteiger partial charge in [-0.05, 0) is 49.1 Å². The third kappa shape index (κ3) is 6.51. The van der Waals surface area contributed by atoms with Crippen molar-refractivity contribution in [1.29, 1.82) is 0 Å². The summed E-state index contributed by atoms with van der Waals surface area (Å²) >= 11 is 6.08. The summed E-state index contributed by atoms with van der Waals surface area (Å²) in [5.74, 6) is 0.488. The minimum atomic E-state index is -0.309. The monoisotopic (exact) mass is 516 g/mol. The Balaban J connectivity index is 0.00000280. The average Bonchev–Trinajstić information content (AvgIpc) is 2.70. The van der Waals surface area contributed by atoms with Gasteiger partial charge >= 0.3 is 0 Å². The van der Waals surface area contributed by atoms with E-state index in [9.17, 15) is 4.39 Å². The largest absolute Gasteiger partial charge is 0.371 e. The zero-order valence-electron chi connectivity index (χ0n) is 16.0. The van der Waals surface area contributed by atoms with Crippen LogP contribution >= 0.6 is 35.6 Å². The van der Waals surface area contributed by atoms with Crippen molar-refractivity contribution in [2.45, 2.75) is 25.3 Å². The predicted octanol–water partition coefficient (Wildman–Crippen LogP) is 4.47. The van der Waals surface area contributed by atoms with Gasteiger partial charge in [0.1, 0.15) is 5.82 Å². The number of guanidine groups is 1. The number of rotatable bonds is 5. The smallest absolute Gasteiger partial charge is 0.191 e. The molecule has 3 rings (SSSR count). The summed E-state index contributed by atoms with van der Waals surface area (Å²) < 4.78 is 13.1. The van der Waals surface area contributed by atoms with Crippen molar-refractivity contribution in [3.8, 4) is 0 Å². The summed E-state index contributed by atoms with van der Waals surface area (Å²) in [6.07, 6.45) is 2.85. The molecule has 0 atom stereocenters. The van der Waals surface area contributed by atoms with Crippen LogP contribution < -0.4 is 15.5 Å². The Labute approximate surface area is 188 Å². The molecule has 0 amide bonds. The zero-order chi connectivity index (χ0) is 19.1. The lowest BCUT2D eigenvalue weighted by Crippen LogP contribution is -2.49. The molecular weight excluding hydrogens is 490 g/mol. The van der Waals surface area contributed by atoms with Crippen LogP contribution in [0.25, 0.3) is 0 Å². The molecule has 1 fully saturated rings. The van der Waals surface area contributed by atoms with Gasteiger partial charge in [0.2, 0.25) is 0 Å². The van der Waals surface area contributed by atoms with Gasteiger partial charge in [0.25, 0.3) is 0 Å². The molecule has 0 aliphatic carbocycles. The van der Waals surface area contributed by atoms with Crippen molar-refractivity contribution in [3.63, 3.8) is 0 Å². The second-order valence-corrected chi connectivity index (χ2v) is 7.13. The number of anilines is 1. The van der Waals surface area contributed by atoms with Gasteiger partial charge in [-0.1, -0.05) is 35.9 Å². The van der Waals surface area contributed by atoms with Gasteiger partial charge in [0, 0.05) is 43.4 Å². The molecule has 2 N–H and O–H groups in total. The fraction of sp³-hybridized carbons (Fsp3) is 0.381. The first-order valence-electron chi connectivity index (χ1n) is 9.37. The molecular formula is C21H27ClFIN4. The van der Waals surface area contributed by atoms with Gasteiger partial charge in [-0.15, -0.1) is 24.0 Å². The third-order valence-corrected chi connectivity index (χ3v) is 5.23. The Morgan fingerprint density at radius 3 is 2.54 bits per heavy atom. The lowest BCUT2D eigenvalue weighted by molar-refractivity contribution is 0.461. The van der Waals surface area contributed by atoms with Crippen molar-refractivity contribution in [1.82, 2.24) is 10.6 Å². The molecule has 1 saturated heterocycles. The first-order chi connectivity index (χ1) is 13.2. The van der Waals surface area contributed by atoms with Crippen LogP contribution in [0.4, 0.5) is 10.1 Å². The summed E-state index contributed by atoms with van der Waals surface area (Å²) in [7, 11) is 1.78. The Hall–Kier alpha value is -1.54. The molecule has 0 radical (unpaired) electrons. The van der Waals surface area contributed by atoms with E-state index in [0.717, 1.165) is 37.5 Å². The Morgan fingerprint density at radius 1 is 1.18 bits per heavy atom. The fourth-order valence-electron chi connectivity index (χ4n) is 3.35. The molecule has 1 heterocycles. The van der Waals surface area contributed by atoms with E-state index in [1.54, 1.807) is 13.1 Å². The zero-order valence-corrected chi connectivity index (χ0v) is 19.1. The molecule has 1 aliphatic rings. The number of halogens is 3. The van der Waals surface area contributed by atoms with Crippen molar-refractivity contribution in [2.24, 2.45) is 4.99 Å². The number of hydrogen-bond donors (Lipinski definition) is 2. The highest BCUT2D eigenvalue weighted by atomic mass is 127. The van der Waals surface area contributed by atoms with Crippen LogP contribution in [0.5, 0.6) is 0 Å². The molecule has 0 saturated carbocycles. The van der Waals surface area contributed by atoms with Crippen LogP contribution in [0.1, 0.15) is 18.4 Å². The maximum Gasteiger partial charge on any atom is 0.191 e. The predicted molar refractivity (Wildman–Crippen MR) is 127 cm³/mol. The molecule has 0 unspecified atom stereocenters. The standard InChI is InChI=1S/C21H26ClFN4.HI/c1-24-21(25-12-9-16-7-8-17(23)15-20(16)22)26-18-10-13-27(14-11-18)19-5-3-2-4-6-19;/h2-8,15,18H,9-14H2,1H3,(H2,24,25,26);1H.